The van der Waals surface area contributed by atoms with Crippen molar-refractivity contribution in [2.75, 3.05) is 60.5 Å². The van der Waals surface area contributed by atoms with Crippen LogP contribution >= 0.6 is 0 Å². The van der Waals surface area contributed by atoms with E-state index in [0.717, 1.165) is 50.4 Å². The molecule has 1 saturated carbocycles. The van der Waals surface area contributed by atoms with E-state index in [-0.39, 0.29) is 5.91 Å². The molecule has 13 heteroatoms. The van der Waals surface area contributed by atoms with E-state index in [1.807, 2.05) is 6.07 Å². The Morgan fingerprint density at radius 3 is 2.67 bits per heavy atom. The van der Waals surface area contributed by atoms with Crippen LogP contribution in [0, 0.1) is 0 Å². The molecular weight excluding hydrogens is 587 g/mol. The van der Waals surface area contributed by atoms with Gasteiger partial charge in [0.1, 0.15) is 17.9 Å². The zero-order valence-electron chi connectivity index (χ0n) is 25.0. The van der Waals surface area contributed by atoms with Crippen molar-refractivity contribution in [2.45, 2.75) is 43.9 Å². The fourth-order valence-electron chi connectivity index (χ4n) is 5.96. The first-order valence-electron chi connectivity index (χ1n) is 15.1. The van der Waals surface area contributed by atoms with Crippen molar-refractivity contribution >= 4 is 34.6 Å². The van der Waals surface area contributed by atoms with Crippen LogP contribution < -0.4 is 25.3 Å². The number of benzene rings is 2. The summed E-state index contributed by atoms with van der Waals surface area (Å²) in [6, 6.07) is 10.8. The molecule has 0 spiro atoms. The number of amides is 1. The van der Waals surface area contributed by atoms with Crippen LogP contribution in [0.25, 0.3) is 0 Å². The third kappa shape index (κ3) is 6.99. The summed E-state index contributed by atoms with van der Waals surface area (Å²) >= 11 is 0. The van der Waals surface area contributed by atoms with Crippen molar-refractivity contribution in [2.24, 2.45) is 0 Å². The molecule has 10 nitrogen and oxygen atoms in total. The fraction of sp³-hybridized carbons (Fsp3) is 0.406. The van der Waals surface area contributed by atoms with Gasteiger partial charge in [-0.2, -0.15) is 13.2 Å². The number of aromatic nitrogens is 2. The molecule has 3 fully saturated rings. The highest BCUT2D eigenvalue weighted by Crippen LogP contribution is 2.41. The summed E-state index contributed by atoms with van der Waals surface area (Å²) in [5.41, 5.74) is 1.76. The molecule has 3 aromatic rings. The predicted molar refractivity (Wildman–Crippen MR) is 166 cm³/mol. The molecule has 45 heavy (non-hydrogen) atoms. The van der Waals surface area contributed by atoms with Gasteiger partial charge in [0.2, 0.25) is 5.91 Å². The molecule has 238 valence electrons. The maximum atomic E-state index is 13.4. The average molecular weight is 624 g/mol. The van der Waals surface area contributed by atoms with Crippen LogP contribution in [0.1, 0.15) is 42.9 Å². The summed E-state index contributed by atoms with van der Waals surface area (Å²) in [6.07, 6.45) is 2.15. The third-order valence-corrected chi connectivity index (χ3v) is 8.34. The number of nitrogens with one attached hydrogen (secondary N) is 2. The fourth-order valence-corrected chi connectivity index (χ4v) is 5.96. The Morgan fingerprint density at radius 1 is 1.07 bits per heavy atom. The highest BCUT2D eigenvalue weighted by molar-refractivity contribution is 6.02. The van der Waals surface area contributed by atoms with Crippen LogP contribution in [0.5, 0.6) is 5.75 Å². The minimum Gasteiger partial charge on any atom is -0.494 e. The molecule has 2 saturated heterocycles. The summed E-state index contributed by atoms with van der Waals surface area (Å²) in [5, 5.41) is 7.73. The van der Waals surface area contributed by atoms with Gasteiger partial charge in [0.15, 0.2) is 5.82 Å². The normalized spacial score (nSPS) is 19.2. The molecule has 2 aliphatic heterocycles. The van der Waals surface area contributed by atoms with Gasteiger partial charge in [-0.1, -0.05) is 18.7 Å². The molecule has 0 unspecified atom stereocenters. The van der Waals surface area contributed by atoms with E-state index in [2.05, 4.69) is 37.0 Å². The van der Waals surface area contributed by atoms with E-state index < -0.39 is 17.8 Å². The van der Waals surface area contributed by atoms with Crippen LogP contribution in [0.4, 0.5) is 41.9 Å². The number of rotatable bonds is 9. The van der Waals surface area contributed by atoms with E-state index in [4.69, 9.17) is 9.57 Å². The maximum Gasteiger partial charge on any atom is 0.416 e. The van der Waals surface area contributed by atoms with Crippen molar-refractivity contribution < 1.29 is 27.5 Å². The Hall–Kier alpha value is -4.36. The summed E-state index contributed by atoms with van der Waals surface area (Å²) in [7, 11) is 1.58. The second-order valence-electron chi connectivity index (χ2n) is 11.3. The first-order chi connectivity index (χ1) is 21.7. The molecule has 1 amide bonds. The zero-order chi connectivity index (χ0) is 31.6. The Morgan fingerprint density at radius 2 is 1.91 bits per heavy atom. The predicted octanol–water partition coefficient (Wildman–Crippen LogP) is 5.93. The van der Waals surface area contributed by atoms with Crippen LogP contribution in [0.15, 0.2) is 61.4 Å². The quantitative estimate of drug-likeness (QED) is 0.281. The van der Waals surface area contributed by atoms with Gasteiger partial charge in [-0.05, 0) is 49.1 Å². The van der Waals surface area contributed by atoms with E-state index in [9.17, 15) is 18.0 Å². The van der Waals surface area contributed by atoms with Crippen LogP contribution in [-0.4, -0.2) is 66.7 Å². The molecule has 3 heterocycles. The summed E-state index contributed by atoms with van der Waals surface area (Å²) in [5.74, 6) is 0.996. The van der Waals surface area contributed by atoms with Crippen molar-refractivity contribution in [3.8, 4) is 5.75 Å². The Bertz CT molecular complexity index is 1550. The molecule has 0 bridgehead atoms. The summed E-state index contributed by atoms with van der Waals surface area (Å²) < 4.78 is 46.0. The second-order valence-corrected chi connectivity index (χ2v) is 11.3. The minimum atomic E-state index is -4.45. The lowest BCUT2D eigenvalue weighted by Gasteiger charge is -2.27. The number of carbonyl (C=O) groups excluding carboxylic acids is 1. The monoisotopic (exact) mass is 623 g/mol. The van der Waals surface area contributed by atoms with Gasteiger partial charge in [0.05, 0.1) is 42.4 Å². The maximum absolute atomic E-state index is 13.4. The van der Waals surface area contributed by atoms with Gasteiger partial charge in [-0.25, -0.2) is 15.0 Å². The summed E-state index contributed by atoms with van der Waals surface area (Å²) in [6.45, 7) is 7.59. The number of carbonyl (C=O) groups is 1. The van der Waals surface area contributed by atoms with Crippen molar-refractivity contribution in [1.29, 1.82) is 0 Å². The van der Waals surface area contributed by atoms with E-state index >= 15 is 0 Å². The van der Waals surface area contributed by atoms with Gasteiger partial charge in [-0.15, -0.1) is 0 Å². The summed E-state index contributed by atoms with van der Waals surface area (Å²) in [4.78, 5) is 31.8. The lowest BCUT2D eigenvalue weighted by molar-refractivity contribution is -0.137. The molecule has 0 radical (unpaired) electrons. The number of nitrogens with zero attached hydrogens (tertiary/aromatic N) is 5. The number of ether oxygens (including phenoxy) is 1. The molecule has 2 aromatic carbocycles. The van der Waals surface area contributed by atoms with Crippen LogP contribution in [0.2, 0.25) is 0 Å². The van der Waals surface area contributed by atoms with Crippen molar-refractivity contribution in [3.05, 3.63) is 72.6 Å². The van der Waals surface area contributed by atoms with E-state index in [1.165, 1.54) is 36.4 Å². The minimum absolute atomic E-state index is 0.324. The highest BCUT2D eigenvalue weighted by atomic mass is 19.4. The number of hydrogen-bond donors (Lipinski definition) is 2. The number of methoxy groups -OCH3 is 1. The number of anilines is 5. The van der Waals surface area contributed by atoms with E-state index in [0.29, 0.717) is 53.4 Å². The SMILES string of the molecule is C=CC(=O)Nc1cc(Nc2cc(N3OCC[C@@H]3c3cccc(C(F)(F)F)c3)ncn2)c(OC)cc1N1CCCN(C2CC2)CC1. The zero-order valence-corrected chi connectivity index (χ0v) is 25.0. The lowest BCUT2D eigenvalue weighted by atomic mass is 10.0. The Labute approximate surface area is 259 Å². The van der Waals surface area contributed by atoms with Gasteiger partial charge in [0.25, 0.3) is 0 Å². The Balaban J connectivity index is 1.27. The van der Waals surface area contributed by atoms with E-state index in [1.54, 1.807) is 25.3 Å². The molecule has 1 aliphatic carbocycles. The molecule has 3 aliphatic rings. The number of hydrogen-bond acceptors (Lipinski definition) is 9. The number of alkyl halides is 3. The third-order valence-electron chi connectivity index (χ3n) is 8.34. The standard InChI is InChI=1S/C32H36F3N7O3/c1-3-31(43)39-24-17-25(28(44-2)18-27(24)41-12-5-11-40(13-14-41)23-8-9-23)38-29-19-30(37-20-36-29)42-26(10-15-45-42)21-6-4-7-22(16-21)32(33,34)35/h3-4,6-7,16-20,23,26H,1,5,8-15H2,2H3,(H,39,43)(H,36,37,38)/t26-/m1/s1. The molecular formula is C32H36F3N7O3. The van der Waals surface area contributed by atoms with Crippen LogP contribution in [-0.2, 0) is 15.8 Å². The first kappa shape index (κ1) is 30.7. The smallest absolute Gasteiger partial charge is 0.416 e. The van der Waals surface area contributed by atoms with Gasteiger partial charge in [0, 0.05) is 50.8 Å². The van der Waals surface area contributed by atoms with Crippen molar-refractivity contribution in [1.82, 2.24) is 14.9 Å². The molecule has 1 aromatic heterocycles. The largest absolute Gasteiger partial charge is 0.494 e. The molecule has 1 atom stereocenters. The molecule has 6 rings (SSSR count). The highest BCUT2D eigenvalue weighted by Gasteiger charge is 2.34. The molecule has 2 N–H and O–H groups in total. The topological polar surface area (TPSA) is 95.1 Å². The van der Waals surface area contributed by atoms with Crippen LogP contribution in [0.3, 0.4) is 0 Å². The van der Waals surface area contributed by atoms with Crippen molar-refractivity contribution in [3.63, 3.8) is 0 Å². The van der Waals surface area contributed by atoms with Gasteiger partial charge >= 0.3 is 6.18 Å². The lowest BCUT2D eigenvalue weighted by Crippen LogP contribution is -2.32. The second kappa shape index (κ2) is 12.9. The Kier molecular flexibility index (Phi) is 8.81. The number of halogens is 3. The average Bonchev–Trinajstić information content (AvgIpc) is 3.81. The van der Waals surface area contributed by atoms with Gasteiger partial charge in [-0.3, -0.25) is 14.5 Å². The first-order valence-corrected chi connectivity index (χ1v) is 15.1. The van der Waals surface area contributed by atoms with Gasteiger partial charge < -0.3 is 20.3 Å². The number of hydroxylamine groups is 1.